The smallest absolute Gasteiger partial charge is 0.191 e. The zero-order valence-corrected chi connectivity index (χ0v) is 18.5. The highest BCUT2D eigenvalue weighted by Gasteiger charge is 2.21. The number of hydrogen-bond acceptors (Lipinski definition) is 4. The molecule has 0 aromatic carbocycles. The highest BCUT2D eigenvalue weighted by Crippen LogP contribution is 2.28. The van der Waals surface area contributed by atoms with Gasteiger partial charge < -0.3 is 20.1 Å². The molecule has 1 saturated carbocycles. The number of guanidine groups is 1. The van der Waals surface area contributed by atoms with Crippen LogP contribution in [0.25, 0.3) is 0 Å². The molecule has 2 rings (SSSR count). The first-order valence-corrected chi connectivity index (χ1v) is 9.53. The molecule has 7 heteroatoms. The van der Waals surface area contributed by atoms with Crippen molar-refractivity contribution in [1.82, 2.24) is 15.5 Å². The van der Waals surface area contributed by atoms with Crippen molar-refractivity contribution in [3.8, 4) is 0 Å². The Kier molecular flexibility index (Phi) is 12.0. The predicted molar refractivity (Wildman–Crippen MR) is 114 cm³/mol. The number of nitrogens with one attached hydrogen (secondary N) is 2. The molecule has 0 radical (unpaired) electrons. The third-order valence-electron chi connectivity index (χ3n) is 4.38. The minimum atomic E-state index is 0. The van der Waals surface area contributed by atoms with E-state index in [-0.39, 0.29) is 30.1 Å². The summed E-state index contributed by atoms with van der Waals surface area (Å²) >= 11 is 0. The van der Waals surface area contributed by atoms with E-state index in [1.165, 1.54) is 12.8 Å². The molecule has 1 atom stereocenters. The van der Waals surface area contributed by atoms with Crippen LogP contribution in [0.15, 0.2) is 4.99 Å². The third kappa shape index (κ3) is 10.6. The molecule has 0 aromatic rings. The first-order valence-electron chi connectivity index (χ1n) is 9.53. The second-order valence-corrected chi connectivity index (χ2v) is 7.40. The molecule has 2 fully saturated rings. The van der Waals surface area contributed by atoms with Crippen molar-refractivity contribution in [2.24, 2.45) is 16.8 Å². The van der Waals surface area contributed by atoms with Crippen LogP contribution in [0.5, 0.6) is 0 Å². The average Bonchev–Trinajstić information content (AvgIpc) is 3.37. The Bertz CT molecular complexity index is 378. The fraction of sp³-hybridized carbons (Fsp3) is 0.944. The summed E-state index contributed by atoms with van der Waals surface area (Å²) in [6.07, 6.45) is 3.95. The first-order chi connectivity index (χ1) is 11.7. The van der Waals surface area contributed by atoms with E-state index >= 15 is 0 Å². The van der Waals surface area contributed by atoms with Gasteiger partial charge in [0.15, 0.2) is 5.96 Å². The molecule has 6 nitrogen and oxygen atoms in total. The Balaban J connectivity index is 0.00000312. The summed E-state index contributed by atoms with van der Waals surface area (Å²) in [5.74, 6) is 2.40. The van der Waals surface area contributed by atoms with E-state index in [2.05, 4.69) is 34.4 Å². The Morgan fingerprint density at radius 1 is 1.32 bits per heavy atom. The molecule has 0 aromatic heterocycles. The highest BCUT2D eigenvalue weighted by molar-refractivity contribution is 14.0. The van der Waals surface area contributed by atoms with Crippen molar-refractivity contribution in [3.05, 3.63) is 0 Å². The van der Waals surface area contributed by atoms with Crippen molar-refractivity contribution in [2.75, 3.05) is 59.6 Å². The minimum Gasteiger partial charge on any atom is -0.381 e. The van der Waals surface area contributed by atoms with Gasteiger partial charge in [-0.05, 0) is 31.1 Å². The molecule has 1 unspecified atom stereocenters. The van der Waals surface area contributed by atoms with Crippen LogP contribution in [0.2, 0.25) is 0 Å². The van der Waals surface area contributed by atoms with Crippen molar-refractivity contribution in [1.29, 1.82) is 0 Å². The van der Waals surface area contributed by atoms with Crippen LogP contribution in [0, 0.1) is 11.8 Å². The molecular formula is C18H37IN4O2. The fourth-order valence-electron chi connectivity index (χ4n) is 2.93. The summed E-state index contributed by atoms with van der Waals surface area (Å²) in [5.41, 5.74) is 0. The van der Waals surface area contributed by atoms with Crippen LogP contribution < -0.4 is 10.6 Å². The van der Waals surface area contributed by atoms with E-state index in [1.54, 1.807) is 0 Å². The van der Waals surface area contributed by atoms with Gasteiger partial charge in [-0.25, -0.2) is 0 Å². The maximum Gasteiger partial charge on any atom is 0.191 e. The topological polar surface area (TPSA) is 58.1 Å². The molecule has 0 spiro atoms. The molecule has 1 aliphatic carbocycles. The molecule has 1 aliphatic heterocycles. The van der Waals surface area contributed by atoms with Crippen molar-refractivity contribution < 1.29 is 9.47 Å². The van der Waals surface area contributed by atoms with Gasteiger partial charge in [-0.2, -0.15) is 0 Å². The Labute approximate surface area is 170 Å². The average molecular weight is 468 g/mol. The molecule has 2 N–H and O–H groups in total. The lowest BCUT2D eigenvalue weighted by molar-refractivity contribution is -0.0284. The van der Waals surface area contributed by atoms with Crippen LogP contribution in [-0.4, -0.2) is 76.6 Å². The van der Waals surface area contributed by atoms with Gasteiger partial charge in [-0.15, -0.1) is 24.0 Å². The number of morpholine rings is 1. The second-order valence-electron chi connectivity index (χ2n) is 7.40. The minimum absolute atomic E-state index is 0. The van der Waals surface area contributed by atoms with E-state index in [0.29, 0.717) is 5.92 Å². The van der Waals surface area contributed by atoms with Crippen molar-refractivity contribution in [2.45, 2.75) is 39.2 Å². The maximum absolute atomic E-state index is 5.86. The van der Waals surface area contributed by atoms with Gasteiger partial charge in [0, 0.05) is 53.0 Å². The number of halogens is 1. The lowest BCUT2D eigenvalue weighted by atomic mass is 10.2. The summed E-state index contributed by atoms with van der Waals surface area (Å²) in [6.45, 7) is 12.0. The number of aliphatic imine (C=N–C) groups is 1. The monoisotopic (exact) mass is 468 g/mol. The standard InChI is InChI=1S/C18H36N4O2.HI/c1-15(2)12-22-8-10-24-17(13-22)11-21-18(19-3)20-7-4-9-23-14-16-5-6-16;/h15-17H,4-14H2,1-3H3,(H2,19,20,21);1H. The number of ether oxygens (including phenoxy) is 2. The van der Waals surface area contributed by atoms with Gasteiger partial charge in [0.05, 0.1) is 12.7 Å². The predicted octanol–water partition coefficient (Wildman–Crippen LogP) is 1.94. The summed E-state index contributed by atoms with van der Waals surface area (Å²) < 4.78 is 11.5. The quantitative estimate of drug-likeness (QED) is 0.222. The van der Waals surface area contributed by atoms with Crippen LogP contribution in [-0.2, 0) is 9.47 Å². The van der Waals surface area contributed by atoms with Gasteiger partial charge >= 0.3 is 0 Å². The molecule has 1 heterocycles. The summed E-state index contributed by atoms with van der Waals surface area (Å²) in [7, 11) is 1.81. The van der Waals surface area contributed by atoms with Crippen LogP contribution in [0.1, 0.15) is 33.1 Å². The largest absolute Gasteiger partial charge is 0.381 e. The Hall–Kier alpha value is -0.120. The van der Waals surface area contributed by atoms with Gasteiger partial charge in [0.25, 0.3) is 0 Å². The third-order valence-corrected chi connectivity index (χ3v) is 4.38. The highest BCUT2D eigenvalue weighted by atomic mass is 127. The number of nitrogens with zero attached hydrogens (tertiary/aromatic N) is 2. The van der Waals surface area contributed by atoms with E-state index in [1.807, 2.05) is 7.05 Å². The van der Waals surface area contributed by atoms with Gasteiger partial charge in [-0.1, -0.05) is 13.8 Å². The molecule has 1 saturated heterocycles. The molecular weight excluding hydrogens is 431 g/mol. The molecule has 0 bridgehead atoms. The van der Waals surface area contributed by atoms with Crippen LogP contribution in [0.3, 0.4) is 0 Å². The lowest BCUT2D eigenvalue weighted by Gasteiger charge is -2.34. The van der Waals surface area contributed by atoms with Crippen molar-refractivity contribution >= 4 is 29.9 Å². The zero-order valence-electron chi connectivity index (χ0n) is 16.1. The fourth-order valence-corrected chi connectivity index (χ4v) is 2.93. The molecule has 2 aliphatic rings. The second kappa shape index (κ2) is 13.1. The van der Waals surface area contributed by atoms with Crippen LogP contribution >= 0.6 is 24.0 Å². The van der Waals surface area contributed by atoms with E-state index in [9.17, 15) is 0 Å². The normalized spacial score (nSPS) is 21.9. The summed E-state index contributed by atoms with van der Waals surface area (Å²) in [4.78, 5) is 6.77. The van der Waals surface area contributed by atoms with Gasteiger partial charge in [0.1, 0.15) is 0 Å². The SMILES string of the molecule is CN=C(NCCCOCC1CC1)NCC1CN(CC(C)C)CCO1.I. The lowest BCUT2D eigenvalue weighted by Crippen LogP contribution is -2.50. The van der Waals surface area contributed by atoms with E-state index in [0.717, 1.165) is 70.8 Å². The Morgan fingerprint density at radius 2 is 2.12 bits per heavy atom. The Morgan fingerprint density at radius 3 is 2.80 bits per heavy atom. The zero-order chi connectivity index (χ0) is 17.2. The first kappa shape index (κ1) is 22.9. The molecule has 148 valence electrons. The van der Waals surface area contributed by atoms with Crippen molar-refractivity contribution in [3.63, 3.8) is 0 Å². The number of rotatable bonds is 10. The molecule has 25 heavy (non-hydrogen) atoms. The number of hydrogen-bond donors (Lipinski definition) is 2. The van der Waals surface area contributed by atoms with Gasteiger partial charge in [-0.3, -0.25) is 9.89 Å². The van der Waals surface area contributed by atoms with Crippen LogP contribution in [0.4, 0.5) is 0 Å². The summed E-state index contributed by atoms with van der Waals surface area (Å²) in [6, 6.07) is 0. The van der Waals surface area contributed by atoms with E-state index < -0.39 is 0 Å². The maximum atomic E-state index is 5.86. The summed E-state index contributed by atoms with van der Waals surface area (Å²) in [5, 5.41) is 6.72. The van der Waals surface area contributed by atoms with Gasteiger partial charge in [0.2, 0.25) is 0 Å². The molecule has 0 amide bonds. The van der Waals surface area contributed by atoms with E-state index in [4.69, 9.17) is 9.47 Å².